The summed E-state index contributed by atoms with van der Waals surface area (Å²) in [5.41, 5.74) is 2.35. The highest BCUT2D eigenvalue weighted by Crippen LogP contribution is 2.30. The summed E-state index contributed by atoms with van der Waals surface area (Å²) >= 11 is 0. The van der Waals surface area contributed by atoms with Gasteiger partial charge in [-0.15, -0.1) is 0 Å². The minimum absolute atomic E-state index is 0.0499. The molecule has 0 atom stereocenters. The Balaban J connectivity index is 1.18. The molecule has 10 heteroatoms. The minimum atomic E-state index is -0.451. The summed E-state index contributed by atoms with van der Waals surface area (Å²) in [7, 11) is 1.57. The summed E-state index contributed by atoms with van der Waals surface area (Å²) in [4.78, 5) is 36.8. The first-order chi connectivity index (χ1) is 17.5. The van der Waals surface area contributed by atoms with Crippen molar-refractivity contribution >= 4 is 33.0 Å². The Morgan fingerprint density at radius 3 is 2.72 bits per heavy atom. The van der Waals surface area contributed by atoms with Crippen LogP contribution in [0.4, 0.5) is 4.39 Å². The predicted molar refractivity (Wildman–Crippen MR) is 133 cm³/mol. The van der Waals surface area contributed by atoms with E-state index in [4.69, 9.17) is 9.15 Å². The number of aromatic amines is 1. The molecule has 2 N–H and O–H groups in total. The van der Waals surface area contributed by atoms with E-state index in [1.165, 1.54) is 24.4 Å². The fourth-order valence-corrected chi connectivity index (χ4v) is 5.20. The van der Waals surface area contributed by atoms with E-state index in [-0.39, 0.29) is 23.5 Å². The third-order valence-electron chi connectivity index (χ3n) is 7.00. The number of aromatic nitrogens is 4. The molecule has 36 heavy (non-hydrogen) atoms. The van der Waals surface area contributed by atoms with Crippen LogP contribution in [0.2, 0.25) is 0 Å². The van der Waals surface area contributed by atoms with Gasteiger partial charge in [0.25, 0.3) is 5.56 Å². The minimum Gasteiger partial charge on any atom is -0.495 e. The molecule has 1 saturated carbocycles. The smallest absolute Gasteiger partial charge is 0.345 e. The van der Waals surface area contributed by atoms with E-state index in [9.17, 15) is 14.0 Å². The predicted octanol–water partition coefficient (Wildman–Crippen LogP) is 3.80. The van der Waals surface area contributed by atoms with Crippen molar-refractivity contribution in [2.75, 3.05) is 7.11 Å². The van der Waals surface area contributed by atoms with Crippen molar-refractivity contribution in [3.63, 3.8) is 0 Å². The molecule has 0 spiro atoms. The number of hydrogen-bond donors (Lipinski definition) is 2. The number of ether oxygens (including phenoxy) is 1. The Bertz CT molecular complexity index is 1720. The molecule has 0 bridgehead atoms. The van der Waals surface area contributed by atoms with Crippen LogP contribution >= 0.6 is 0 Å². The monoisotopic (exact) mass is 489 g/mol. The molecule has 0 unspecified atom stereocenters. The lowest BCUT2D eigenvalue weighted by atomic mass is 9.90. The van der Waals surface area contributed by atoms with Crippen molar-refractivity contribution in [1.82, 2.24) is 24.8 Å². The average Bonchev–Trinajstić information content (AvgIpc) is 3.33. The summed E-state index contributed by atoms with van der Waals surface area (Å²) < 4.78 is 26.2. The Labute approximate surface area is 203 Å². The van der Waals surface area contributed by atoms with Crippen LogP contribution < -0.4 is 21.2 Å². The normalized spacial score (nSPS) is 18.3. The van der Waals surface area contributed by atoms with E-state index in [0.29, 0.717) is 45.3 Å². The van der Waals surface area contributed by atoms with Gasteiger partial charge in [-0.05, 0) is 49.9 Å². The van der Waals surface area contributed by atoms with Crippen LogP contribution in [-0.4, -0.2) is 32.7 Å². The van der Waals surface area contributed by atoms with E-state index < -0.39 is 5.63 Å². The van der Waals surface area contributed by atoms with Crippen LogP contribution in [-0.2, 0) is 6.54 Å². The second-order valence-electron chi connectivity index (χ2n) is 9.18. The van der Waals surface area contributed by atoms with Crippen molar-refractivity contribution in [1.29, 1.82) is 0 Å². The highest BCUT2D eigenvalue weighted by Gasteiger charge is 2.25. The Morgan fingerprint density at radius 2 is 1.92 bits per heavy atom. The first-order valence-corrected chi connectivity index (χ1v) is 11.9. The van der Waals surface area contributed by atoms with E-state index in [2.05, 4.69) is 20.3 Å². The Kier molecular flexibility index (Phi) is 5.52. The molecule has 1 fully saturated rings. The number of H-pyrrole nitrogens is 1. The molecule has 4 heterocycles. The lowest BCUT2D eigenvalue weighted by molar-refractivity contribution is 0.289. The van der Waals surface area contributed by atoms with E-state index in [0.717, 1.165) is 31.4 Å². The zero-order valence-corrected chi connectivity index (χ0v) is 19.6. The molecule has 0 aliphatic heterocycles. The summed E-state index contributed by atoms with van der Waals surface area (Å²) in [5.74, 6) is 0.195. The molecule has 0 saturated heterocycles. The number of nitrogens with one attached hydrogen (secondary N) is 2. The Morgan fingerprint density at radius 1 is 1.11 bits per heavy atom. The second-order valence-corrected chi connectivity index (χ2v) is 9.18. The van der Waals surface area contributed by atoms with Gasteiger partial charge in [0, 0.05) is 35.8 Å². The van der Waals surface area contributed by atoms with Gasteiger partial charge < -0.3 is 24.0 Å². The maximum atomic E-state index is 13.8. The number of nitrogens with zero attached hydrogens (tertiary/aromatic N) is 3. The van der Waals surface area contributed by atoms with Crippen molar-refractivity contribution in [2.45, 2.75) is 44.3 Å². The number of benzene rings is 1. The second kappa shape index (κ2) is 8.87. The molecule has 4 aromatic heterocycles. The highest BCUT2D eigenvalue weighted by molar-refractivity contribution is 6.02. The number of methoxy groups -OCH3 is 1. The third kappa shape index (κ3) is 3.93. The molecule has 6 rings (SSSR count). The van der Waals surface area contributed by atoms with E-state index >= 15 is 0 Å². The van der Waals surface area contributed by atoms with Gasteiger partial charge in [0.1, 0.15) is 17.1 Å². The van der Waals surface area contributed by atoms with Gasteiger partial charge >= 0.3 is 5.63 Å². The quantitative estimate of drug-likeness (QED) is 0.361. The maximum Gasteiger partial charge on any atom is 0.345 e. The fourth-order valence-electron chi connectivity index (χ4n) is 5.20. The summed E-state index contributed by atoms with van der Waals surface area (Å²) in [5, 5.41) is 4.49. The molecule has 0 amide bonds. The molecule has 1 aromatic carbocycles. The fraction of sp³-hybridized carbons (Fsp3) is 0.308. The third-order valence-corrected chi connectivity index (χ3v) is 7.00. The van der Waals surface area contributed by atoms with Crippen molar-refractivity contribution < 1.29 is 13.5 Å². The van der Waals surface area contributed by atoms with Crippen molar-refractivity contribution in [3.8, 4) is 5.75 Å². The first-order valence-electron chi connectivity index (χ1n) is 11.9. The van der Waals surface area contributed by atoms with Gasteiger partial charge in [0.15, 0.2) is 5.65 Å². The Hall–Kier alpha value is -4.05. The molecule has 1 aliphatic carbocycles. The summed E-state index contributed by atoms with van der Waals surface area (Å²) in [6.07, 6.45) is 6.35. The van der Waals surface area contributed by atoms with Crippen LogP contribution in [0.5, 0.6) is 5.75 Å². The molecule has 0 radical (unpaired) electrons. The number of halogens is 1. The van der Waals surface area contributed by atoms with Crippen LogP contribution in [0, 0.1) is 5.82 Å². The van der Waals surface area contributed by atoms with Gasteiger partial charge in [0.2, 0.25) is 0 Å². The number of hydrogen-bond acceptors (Lipinski definition) is 7. The van der Waals surface area contributed by atoms with Crippen molar-refractivity contribution in [2.24, 2.45) is 0 Å². The molecule has 1 aliphatic rings. The molecular weight excluding hydrogens is 465 g/mol. The molecule has 9 nitrogen and oxygen atoms in total. The molecule has 184 valence electrons. The van der Waals surface area contributed by atoms with Gasteiger partial charge in [-0.2, -0.15) is 0 Å². The van der Waals surface area contributed by atoms with Gasteiger partial charge in [0.05, 0.1) is 35.9 Å². The number of rotatable bonds is 5. The lowest BCUT2D eigenvalue weighted by Gasteiger charge is -2.31. The SMILES string of the molecule is COc1cnc2ncc(=O)n([C@H]3CC[C@@H](NCc4cc5c(=O)oc6ccc(F)cc6c5[nH]4)CC3)c2c1. The topological polar surface area (TPSA) is 115 Å². The zero-order valence-electron chi connectivity index (χ0n) is 19.6. The molecular formula is C26H24FN5O4. The van der Waals surface area contributed by atoms with E-state index in [1.54, 1.807) is 23.9 Å². The van der Waals surface area contributed by atoms with Crippen LogP contribution in [0.15, 0.2) is 56.7 Å². The van der Waals surface area contributed by atoms with Gasteiger partial charge in [-0.3, -0.25) is 4.79 Å². The van der Waals surface area contributed by atoms with Crippen LogP contribution in [0.1, 0.15) is 37.4 Å². The standard InChI is InChI=1S/C26H24FN5O4/c1-35-18-10-21-25(29-12-18)30-13-23(33)32(21)17-5-3-15(4-6-17)28-11-16-9-20-24(31-16)19-8-14(27)2-7-22(19)36-26(20)34/h2,7-10,12-13,15,17,28,31H,3-6,11H2,1H3/t15-,17+. The molecule has 5 aromatic rings. The van der Waals surface area contributed by atoms with Crippen LogP contribution in [0.3, 0.4) is 0 Å². The van der Waals surface area contributed by atoms with E-state index in [1.807, 2.05) is 6.07 Å². The van der Waals surface area contributed by atoms with Crippen LogP contribution in [0.25, 0.3) is 33.0 Å². The van der Waals surface area contributed by atoms with Gasteiger partial charge in [-0.25, -0.2) is 19.2 Å². The van der Waals surface area contributed by atoms with Gasteiger partial charge in [-0.1, -0.05) is 0 Å². The largest absolute Gasteiger partial charge is 0.495 e. The summed E-state index contributed by atoms with van der Waals surface area (Å²) in [6, 6.07) is 7.98. The van der Waals surface area contributed by atoms with Crippen molar-refractivity contribution in [3.05, 3.63) is 75.0 Å². The number of fused-ring (bicyclic) bond motifs is 4. The lowest BCUT2D eigenvalue weighted by Crippen LogP contribution is -2.36. The maximum absolute atomic E-state index is 13.8. The average molecular weight is 490 g/mol. The zero-order chi connectivity index (χ0) is 24.8. The first kappa shape index (κ1) is 22.4. The number of pyridine rings is 1. The highest BCUT2D eigenvalue weighted by atomic mass is 19.1. The summed E-state index contributed by atoms with van der Waals surface area (Å²) in [6.45, 7) is 0.527.